The van der Waals surface area contributed by atoms with Crippen molar-refractivity contribution in [1.29, 1.82) is 0 Å². The maximum Gasteiger partial charge on any atom is 0.336 e. The van der Waals surface area contributed by atoms with Gasteiger partial charge >= 0.3 is 11.9 Å². The lowest BCUT2D eigenvalue weighted by atomic mass is 10.1. The minimum atomic E-state index is -0.528. The van der Waals surface area contributed by atoms with E-state index in [0.717, 1.165) is 31.8 Å². The Balaban J connectivity index is 1.89. The molecule has 0 fully saturated rings. The van der Waals surface area contributed by atoms with Gasteiger partial charge in [0.1, 0.15) is 5.75 Å². The number of hydrogen-bond acceptors (Lipinski definition) is 7. The number of ether oxygens (including phenoxy) is 5. The first-order chi connectivity index (χ1) is 16.5. The van der Waals surface area contributed by atoms with Crippen molar-refractivity contribution in [3.8, 4) is 23.0 Å². The molecule has 182 valence electrons. The largest absolute Gasteiger partial charge is 0.493 e. The zero-order valence-electron chi connectivity index (χ0n) is 19.4. The first-order valence-electron chi connectivity index (χ1n) is 10.8. The molecule has 0 saturated heterocycles. The van der Waals surface area contributed by atoms with Gasteiger partial charge in [0.15, 0.2) is 11.5 Å². The molecule has 2 aromatic carbocycles. The van der Waals surface area contributed by atoms with Crippen LogP contribution in [0, 0.1) is 0 Å². The lowest BCUT2D eigenvalue weighted by Crippen LogP contribution is -2.04. The third-order valence-corrected chi connectivity index (χ3v) is 4.87. The van der Waals surface area contributed by atoms with Crippen LogP contribution in [0.25, 0.3) is 6.08 Å². The Morgan fingerprint density at radius 3 is 2.12 bits per heavy atom. The second-order valence-electron chi connectivity index (χ2n) is 7.10. The quantitative estimate of drug-likeness (QED) is 0.147. The molecule has 0 N–H and O–H groups in total. The van der Waals surface area contributed by atoms with Crippen molar-refractivity contribution in [3.05, 3.63) is 65.7 Å². The van der Waals surface area contributed by atoms with Crippen molar-refractivity contribution in [2.75, 3.05) is 27.4 Å². The summed E-state index contributed by atoms with van der Waals surface area (Å²) in [6.07, 6.45) is 7.52. The monoisotopic (exact) mass is 488 g/mol. The number of rotatable bonds is 14. The van der Waals surface area contributed by atoms with Crippen molar-refractivity contribution in [2.45, 2.75) is 25.7 Å². The highest BCUT2D eigenvalue weighted by Crippen LogP contribution is 2.39. The number of hydrogen-bond donors (Lipinski definition) is 0. The summed E-state index contributed by atoms with van der Waals surface area (Å²) in [6.45, 7) is 4.22. The first kappa shape index (κ1) is 26.8. The third-order valence-electron chi connectivity index (χ3n) is 4.62. The molecule has 2 aromatic rings. The molecular formula is C26H29ClO7. The van der Waals surface area contributed by atoms with Gasteiger partial charge in [-0.05, 0) is 73.7 Å². The molecule has 0 heterocycles. The van der Waals surface area contributed by atoms with Gasteiger partial charge in [0.2, 0.25) is 5.75 Å². The van der Waals surface area contributed by atoms with Gasteiger partial charge in [-0.3, -0.25) is 0 Å². The Morgan fingerprint density at radius 1 is 0.912 bits per heavy atom. The van der Waals surface area contributed by atoms with Crippen molar-refractivity contribution < 1.29 is 33.3 Å². The fourth-order valence-electron chi connectivity index (χ4n) is 2.92. The molecule has 0 spiro atoms. The topological polar surface area (TPSA) is 80.3 Å². The molecule has 34 heavy (non-hydrogen) atoms. The molecule has 0 amide bonds. The third kappa shape index (κ3) is 9.19. The fraction of sp³-hybridized carbons (Fsp3) is 0.308. The van der Waals surface area contributed by atoms with E-state index in [-0.39, 0.29) is 0 Å². The first-order valence-corrected chi connectivity index (χ1v) is 11.2. The summed E-state index contributed by atoms with van der Waals surface area (Å²) in [5, 5.41) is 0.559. The molecule has 0 saturated carbocycles. The van der Waals surface area contributed by atoms with Gasteiger partial charge < -0.3 is 23.7 Å². The van der Waals surface area contributed by atoms with E-state index in [4.69, 9.17) is 35.3 Å². The van der Waals surface area contributed by atoms with Crippen LogP contribution in [-0.4, -0.2) is 39.4 Å². The predicted octanol–water partition coefficient (Wildman–Crippen LogP) is 5.64. The molecule has 0 aromatic heterocycles. The average Bonchev–Trinajstić information content (AvgIpc) is 2.85. The number of methoxy groups -OCH3 is 2. The van der Waals surface area contributed by atoms with Gasteiger partial charge in [0, 0.05) is 17.2 Å². The van der Waals surface area contributed by atoms with Crippen LogP contribution in [0.15, 0.2) is 55.1 Å². The van der Waals surface area contributed by atoms with E-state index in [1.165, 1.54) is 20.3 Å². The van der Waals surface area contributed by atoms with Gasteiger partial charge in [0.05, 0.1) is 27.4 Å². The molecule has 0 bridgehead atoms. The Labute approximate surface area is 204 Å². The molecule has 2 rings (SSSR count). The smallest absolute Gasteiger partial charge is 0.336 e. The maximum absolute atomic E-state index is 12.1. The Kier molecular flexibility index (Phi) is 11.5. The highest BCUT2D eigenvalue weighted by molar-refractivity contribution is 6.30. The van der Waals surface area contributed by atoms with Gasteiger partial charge in [0.25, 0.3) is 0 Å². The maximum atomic E-state index is 12.1. The van der Waals surface area contributed by atoms with Crippen molar-refractivity contribution in [3.63, 3.8) is 0 Å². The molecule has 8 heteroatoms. The summed E-state index contributed by atoms with van der Waals surface area (Å²) < 4.78 is 27.0. The summed E-state index contributed by atoms with van der Waals surface area (Å²) in [6, 6.07) is 10.0. The van der Waals surface area contributed by atoms with E-state index in [0.29, 0.717) is 46.8 Å². The zero-order chi connectivity index (χ0) is 24.8. The molecule has 0 aliphatic heterocycles. The van der Waals surface area contributed by atoms with Crippen LogP contribution in [0.2, 0.25) is 5.02 Å². The van der Waals surface area contributed by atoms with Crippen molar-refractivity contribution in [2.24, 2.45) is 0 Å². The van der Waals surface area contributed by atoms with Crippen LogP contribution < -0.4 is 18.9 Å². The van der Waals surface area contributed by atoms with Crippen LogP contribution >= 0.6 is 11.6 Å². The minimum absolute atomic E-state index is 0.385. The molecule has 0 atom stereocenters. The summed E-state index contributed by atoms with van der Waals surface area (Å²) in [5.41, 5.74) is 0.683. The summed E-state index contributed by atoms with van der Waals surface area (Å²) in [4.78, 5) is 23.1. The SMILES string of the molecule is C=CC(=O)OCCCCCCOc1c(OC)cc(/C=C/C(=O)Oc2ccc(Cl)cc2)cc1OC. The van der Waals surface area contributed by atoms with E-state index in [9.17, 15) is 9.59 Å². The lowest BCUT2D eigenvalue weighted by molar-refractivity contribution is -0.137. The standard InChI is InChI=1S/C26H29ClO7/c1-4-24(28)32-15-7-5-6-8-16-33-26-22(30-2)17-19(18-23(26)31-3)9-14-25(29)34-21-12-10-20(27)11-13-21/h4,9-14,17-18H,1,5-8,15-16H2,2-3H3/b14-9+. The number of carbonyl (C=O) groups is 2. The highest BCUT2D eigenvalue weighted by Gasteiger charge is 2.14. The van der Waals surface area contributed by atoms with Crippen LogP contribution in [-0.2, 0) is 14.3 Å². The summed E-state index contributed by atoms with van der Waals surface area (Å²) in [7, 11) is 3.07. The van der Waals surface area contributed by atoms with Gasteiger partial charge in [-0.15, -0.1) is 0 Å². The van der Waals surface area contributed by atoms with Crippen LogP contribution in [0.1, 0.15) is 31.2 Å². The molecule has 0 radical (unpaired) electrons. The van der Waals surface area contributed by atoms with E-state index < -0.39 is 11.9 Å². The lowest BCUT2D eigenvalue weighted by Gasteiger charge is -2.15. The van der Waals surface area contributed by atoms with E-state index in [1.807, 2.05) is 0 Å². The summed E-state index contributed by atoms with van der Waals surface area (Å²) in [5.74, 6) is 0.934. The van der Waals surface area contributed by atoms with Gasteiger partial charge in [-0.1, -0.05) is 18.2 Å². The highest BCUT2D eigenvalue weighted by atomic mass is 35.5. The van der Waals surface area contributed by atoms with Crippen LogP contribution in [0.5, 0.6) is 23.0 Å². The number of benzene rings is 2. The summed E-state index contributed by atoms with van der Waals surface area (Å²) >= 11 is 5.83. The Hall–Kier alpha value is -3.45. The molecule has 0 aliphatic carbocycles. The zero-order valence-corrected chi connectivity index (χ0v) is 20.1. The number of unbranched alkanes of at least 4 members (excludes halogenated alkanes) is 3. The Morgan fingerprint density at radius 2 is 1.53 bits per heavy atom. The van der Waals surface area contributed by atoms with E-state index in [1.54, 1.807) is 42.5 Å². The van der Waals surface area contributed by atoms with Crippen molar-refractivity contribution >= 4 is 29.6 Å². The Bertz CT molecular complexity index is 958. The minimum Gasteiger partial charge on any atom is -0.493 e. The number of carbonyl (C=O) groups excluding carboxylic acids is 2. The van der Waals surface area contributed by atoms with Gasteiger partial charge in [-0.2, -0.15) is 0 Å². The van der Waals surface area contributed by atoms with Crippen LogP contribution in [0.3, 0.4) is 0 Å². The van der Waals surface area contributed by atoms with E-state index in [2.05, 4.69) is 6.58 Å². The molecule has 0 aliphatic rings. The fourth-order valence-corrected chi connectivity index (χ4v) is 3.05. The van der Waals surface area contributed by atoms with E-state index >= 15 is 0 Å². The second kappa shape index (κ2) is 14.6. The van der Waals surface area contributed by atoms with Crippen molar-refractivity contribution in [1.82, 2.24) is 0 Å². The number of halogens is 1. The molecular weight excluding hydrogens is 460 g/mol. The number of esters is 2. The second-order valence-corrected chi connectivity index (χ2v) is 7.53. The average molecular weight is 489 g/mol. The van der Waals surface area contributed by atoms with Crippen LogP contribution in [0.4, 0.5) is 0 Å². The van der Waals surface area contributed by atoms with Gasteiger partial charge in [-0.25, -0.2) is 9.59 Å². The molecule has 0 unspecified atom stereocenters. The molecule has 7 nitrogen and oxygen atoms in total. The normalized spacial score (nSPS) is 10.6. The predicted molar refractivity (Wildman–Crippen MR) is 131 cm³/mol.